The minimum absolute atomic E-state index is 0.416. The molecule has 0 radical (unpaired) electrons. The van der Waals surface area contributed by atoms with Crippen LogP contribution in [-0.2, 0) is 13.1 Å². The van der Waals surface area contributed by atoms with Crippen LogP contribution in [0.4, 0.5) is 0 Å². The van der Waals surface area contributed by atoms with Gasteiger partial charge in [-0.15, -0.1) is 5.10 Å². The number of imidazole rings is 1. The van der Waals surface area contributed by atoms with Gasteiger partial charge in [0.05, 0.1) is 24.8 Å². The van der Waals surface area contributed by atoms with Gasteiger partial charge in [0.15, 0.2) is 0 Å². The van der Waals surface area contributed by atoms with Crippen molar-refractivity contribution in [3.63, 3.8) is 0 Å². The van der Waals surface area contributed by atoms with E-state index in [4.69, 9.17) is 5.73 Å². The Balaban J connectivity index is 1.75. The fourth-order valence-corrected chi connectivity index (χ4v) is 1.88. The molecular weight excluding hydrogens is 240 g/mol. The van der Waals surface area contributed by atoms with Gasteiger partial charge in [0.1, 0.15) is 0 Å². The van der Waals surface area contributed by atoms with Gasteiger partial charge in [-0.2, -0.15) is 0 Å². The van der Waals surface area contributed by atoms with Gasteiger partial charge in [-0.25, -0.2) is 9.67 Å². The van der Waals surface area contributed by atoms with E-state index in [1.807, 2.05) is 17.0 Å². The molecule has 0 aliphatic carbocycles. The fraction of sp³-hybridized carbons (Fsp3) is 0.154. The summed E-state index contributed by atoms with van der Waals surface area (Å²) in [6.45, 7) is 1.11. The quantitative estimate of drug-likeness (QED) is 0.753. The molecule has 1 aromatic carbocycles. The Morgan fingerprint density at radius 3 is 2.63 bits per heavy atom. The van der Waals surface area contributed by atoms with E-state index in [0.29, 0.717) is 13.1 Å². The molecule has 0 spiro atoms. The lowest BCUT2D eigenvalue weighted by Crippen LogP contribution is -2.01. The maximum absolute atomic E-state index is 5.51. The normalized spacial score (nSPS) is 10.8. The van der Waals surface area contributed by atoms with Crippen molar-refractivity contribution in [2.24, 2.45) is 5.73 Å². The van der Waals surface area contributed by atoms with Crippen LogP contribution in [0.1, 0.15) is 11.3 Å². The van der Waals surface area contributed by atoms with Gasteiger partial charge in [-0.1, -0.05) is 17.3 Å². The highest BCUT2D eigenvalue weighted by Crippen LogP contribution is 2.10. The number of hydrogen-bond acceptors (Lipinski definition) is 4. The van der Waals surface area contributed by atoms with E-state index in [-0.39, 0.29) is 0 Å². The third-order valence-corrected chi connectivity index (χ3v) is 2.88. The highest BCUT2D eigenvalue weighted by Gasteiger charge is 2.01. The predicted octanol–water partition coefficient (Wildman–Crippen LogP) is 0.971. The molecule has 0 aliphatic heterocycles. The van der Waals surface area contributed by atoms with Crippen molar-refractivity contribution in [3.8, 4) is 5.69 Å². The Labute approximate surface area is 110 Å². The smallest absolute Gasteiger partial charge is 0.0991 e. The molecule has 3 rings (SSSR count). The van der Waals surface area contributed by atoms with E-state index in [1.165, 1.54) is 0 Å². The molecule has 0 bridgehead atoms. The fourth-order valence-electron chi connectivity index (χ4n) is 1.88. The van der Waals surface area contributed by atoms with Gasteiger partial charge in [-0.05, 0) is 17.7 Å². The van der Waals surface area contributed by atoms with Gasteiger partial charge in [0.2, 0.25) is 0 Å². The second-order valence-corrected chi connectivity index (χ2v) is 4.25. The van der Waals surface area contributed by atoms with Crippen molar-refractivity contribution in [1.29, 1.82) is 0 Å². The molecular formula is C13H14N6. The number of rotatable bonds is 4. The molecule has 19 heavy (non-hydrogen) atoms. The molecule has 0 saturated carbocycles. The second-order valence-electron chi connectivity index (χ2n) is 4.25. The summed E-state index contributed by atoms with van der Waals surface area (Å²) in [6, 6.07) is 8.24. The summed E-state index contributed by atoms with van der Waals surface area (Å²) in [5.74, 6) is 0. The van der Waals surface area contributed by atoms with Crippen LogP contribution in [0, 0.1) is 0 Å². The molecule has 0 unspecified atom stereocenters. The summed E-state index contributed by atoms with van der Waals surface area (Å²) in [5, 5.41) is 7.99. The molecule has 0 atom stereocenters. The van der Waals surface area contributed by atoms with E-state index in [0.717, 1.165) is 16.9 Å². The van der Waals surface area contributed by atoms with E-state index >= 15 is 0 Å². The molecule has 0 aliphatic rings. The summed E-state index contributed by atoms with van der Waals surface area (Å²) >= 11 is 0. The first-order valence-electron chi connectivity index (χ1n) is 6.01. The number of hydrogen-bond donors (Lipinski definition) is 1. The molecule has 6 heteroatoms. The summed E-state index contributed by atoms with van der Waals surface area (Å²) < 4.78 is 3.75. The first-order valence-corrected chi connectivity index (χ1v) is 6.01. The van der Waals surface area contributed by atoms with Crippen molar-refractivity contribution in [2.45, 2.75) is 13.1 Å². The Morgan fingerprint density at radius 1 is 1.16 bits per heavy atom. The summed E-state index contributed by atoms with van der Waals surface area (Å²) in [7, 11) is 0. The van der Waals surface area contributed by atoms with Crippen LogP contribution in [-0.4, -0.2) is 24.5 Å². The predicted molar refractivity (Wildman–Crippen MR) is 70.6 cm³/mol. The Kier molecular flexibility index (Phi) is 3.07. The molecule has 0 amide bonds. The van der Waals surface area contributed by atoms with E-state index in [2.05, 4.69) is 39.6 Å². The van der Waals surface area contributed by atoms with Gasteiger partial charge in [0.25, 0.3) is 0 Å². The minimum Gasteiger partial charge on any atom is -0.325 e. The highest BCUT2D eigenvalue weighted by molar-refractivity contribution is 5.34. The van der Waals surface area contributed by atoms with Crippen molar-refractivity contribution >= 4 is 0 Å². The van der Waals surface area contributed by atoms with Gasteiger partial charge in [0, 0.05) is 24.6 Å². The number of aromatic nitrogens is 5. The summed E-state index contributed by atoms with van der Waals surface area (Å²) in [6.07, 6.45) is 7.32. The maximum atomic E-state index is 5.51. The van der Waals surface area contributed by atoms with Crippen molar-refractivity contribution in [1.82, 2.24) is 24.5 Å². The van der Waals surface area contributed by atoms with Gasteiger partial charge >= 0.3 is 0 Å². The van der Waals surface area contributed by atoms with Crippen LogP contribution in [0.5, 0.6) is 0 Å². The van der Waals surface area contributed by atoms with Crippen LogP contribution in [0.15, 0.2) is 49.2 Å². The summed E-state index contributed by atoms with van der Waals surface area (Å²) in [4.78, 5) is 4.03. The topological polar surface area (TPSA) is 74.5 Å². The maximum Gasteiger partial charge on any atom is 0.0991 e. The van der Waals surface area contributed by atoms with Crippen molar-refractivity contribution in [3.05, 3.63) is 60.4 Å². The van der Waals surface area contributed by atoms with Gasteiger partial charge < -0.3 is 10.3 Å². The first-order chi connectivity index (χ1) is 9.35. The molecule has 3 aromatic rings. The lowest BCUT2D eigenvalue weighted by Gasteiger charge is -2.04. The van der Waals surface area contributed by atoms with E-state index in [1.54, 1.807) is 17.2 Å². The Bertz CT molecular complexity index is 638. The lowest BCUT2D eigenvalue weighted by molar-refractivity contribution is 0.649. The number of nitrogens with two attached hydrogens (primary N) is 1. The van der Waals surface area contributed by atoms with Crippen LogP contribution < -0.4 is 5.73 Å². The van der Waals surface area contributed by atoms with E-state index in [9.17, 15) is 0 Å². The first kappa shape index (κ1) is 11.6. The van der Waals surface area contributed by atoms with Crippen molar-refractivity contribution in [2.75, 3.05) is 0 Å². The van der Waals surface area contributed by atoms with Crippen molar-refractivity contribution < 1.29 is 0 Å². The molecule has 0 saturated heterocycles. The molecule has 6 nitrogen and oxygen atoms in total. The Hall–Kier alpha value is -2.47. The zero-order chi connectivity index (χ0) is 13.1. The number of benzene rings is 1. The molecule has 96 valence electrons. The second kappa shape index (κ2) is 5.03. The highest BCUT2D eigenvalue weighted by atomic mass is 15.4. The lowest BCUT2D eigenvalue weighted by atomic mass is 10.2. The van der Waals surface area contributed by atoms with E-state index < -0.39 is 0 Å². The average Bonchev–Trinajstić information content (AvgIpc) is 3.10. The summed E-state index contributed by atoms with van der Waals surface area (Å²) in [5.41, 5.74) is 8.56. The minimum atomic E-state index is 0.416. The molecule has 2 N–H and O–H groups in total. The largest absolute Gasteiger partial charge is 0.325 e. The molecule has 0 fully saturated rings. The average molecular weight is 254 g/mol. The standard InChI is InChI=1S/C13H14N6/c14-7-12-9-19(17-16-12)8-11-1-3-13(4-2-11)18-6-5-15-10-18/h1-6,9-10H,7-8,14H2. The Morgan fingerprint density at radius 2 is 2.00 bits per heavy atom. The number of nitrogens with zero attached hydrogens (tertiary/aromatic N) is 5. The SMILES string of the molecule is NCc1cn(Cc2ccc(-n3ccnc3)cc2)nn1. The third-order valence-electron chi connectivity index (χ3n) is 2.88. The van der Waals surface area contributed by atoms with Crippen LogP contribution >= 0.6 is 0 Å². The van der Waals surface area contributed by atoms with Crippen LogP contribution in [0.3, 0.4) is 0 Å². The third kappa shape index (κ3) is 2.53. The zero-order valence-electron chi connectivity index (χ0n) is 10.3. The van der Waals surface area contributed by atoms with Gasteiger partial charge in [-0.3, -0.25) is 0 Å². The van der Waals surface area contributed by atoms with Crippen LogP contribution in [0.25, 0.3) is 5.69 Å². The molecule has 2 aromatic heterocycles. The molecule has 2 heterocycles. The zero-order valence-corrected chi connectivity index (χ0v) is 10.3. The monoisotopic (exact) mass is 254 g/mol. The van der Waals surface area contributed by atoms with Crippen LogP contribution in [0.2, 0.25) is 0 Å².